The lowest BCUT2D eigenvalue weighted by molar-refractivity contribution is 0.584. The number of hydrogen-bond donors (Lipinski definition) is 2. The van der Waals surface area contributed by atoms with Crippen LogP contribution in [0.15, 0.2) is 29.3 Å². The molecule has 0 radical (unpaired) electrons. The number of nitrogens with one attached hydrogen (secondary N) is 2. The van der Waals surface area contributed by atoms with Gasteiger partial charge >= 0.3 is 0 Å². The second-order valence-corrected chi connectivity index (χ2v) is 6.47. The summed E-state index contributed by atoms with van der Waals surface area (Å²) < 4.78 is 40.0. The number of H-pyrrole nitrogens is 1. The number of nitrogens with zero attached hydrogens (tertiary/aromatic N) is 2. The van der Waals surface area contributed by atoms with E-state index in [1.807, 2.05) is 0 Å². The third kappa shape index (κ3) is 2.77. The van der Waals surface area contributed by atoms with Gasteiger partial charge in [0.2, 0.25) is 5.03 Å². The second kappa shape index (κ2) is 5.82. The van der Waals surface area contributed by atoms with Crippen molar-refractivity contribution >= 4 is 15.7 Å². The molecule has 0 fully saturated rings. The van der Waals surface area contributed by atoms with Crippen molar-refractivity contribution in [2.24, 2.45) is 0 Å². The first-order valence-corrected chi connectivity index (χ1v) is 7.75. The van der Waals surface area contributed by atoms with Gasteiger partial charge in [-0.1, -0.05) is 12.1 Å². The van der Waals surface area contributed by atoms with Crippen LogP contribution in [0.25, 0.3) is 0 Å². The Morgan fingerprint density at radius 2 is 2.05 bits per heavy atom. The number of halogens is 1. The molecule has 2 rings (SSSR count). The quantitative estimate of drug-likeness (QED) is 0.875. The van der Waals surface area contributed by atoms with Crippen molar-refractivity contribution in [3.05, 3.63) is 41.3 Å². The van der Waals surface area contributed by atoms with E-state index in [1.54, 1.807) is 20.0 Å². The van der Waals surface area contributed by atoms with E-state index >= 15 is 0 Å². The average molecular weight is 312 g/mol. The minimum atomic E-state index is -3.94. The highest BCUT2D eigenvalue weighted by Gasteiger charge is 2.29. The largest absolute Gasteiger partial charge is 0.316 e. The van der Waals surface area contributed by atoms with Crippen LogP contribution in [0.2, 0.25) is 0 Å². The van der Waals surface area contributed by atoms with Crippen LogP contribution in [-0.2, 0) is 16.6 Å². The lowest BCUT2D eigenvalue weighted by Crippen LogP contribution is -2.29. The van der Waals surface area contributed by atoms with Crippen LogP contribution in [0.3, 0.4) is 0 Å². The topological polar surface area (TPSA) is 78.1 Å². The Labute approximate surface area is 123 Å². The first-order valence-electron chi connectivity index (χ1n) is 6.31. The summed E-state index contributed by atoms with van der Waals surface area (Å²) in [4.78, 5) is 0. The predicted octanol–water partition coefficient (Wildman–Crippen LogP) is 1.40. The molecule has 0 unspecified atom stereocenters. The minimum Gasteiger partial charge on any atom is -0.316 e. The Bertz CT molecular complexity index is 742. The number of para-hydroxylation sites is 1. The zero-order chi connectivity index (χ0) is 15.6. The molecule has 0 saturated carbocycles. The van der Waals surface area contributed by atoms with Crippen molar-refractivity contribution in [3.8, 4) is 0 Å². The van der Waals surface area contributed by atoms with Crippen molar-refractivity contribution in [1.82, 2.24) is 15.5 Å². The highest BCUT2D eigenvalue weighted by atomic mass is 32.2. The van der Waals surface area contributed by atoms with E-state index in [-0.39, 0.29) is 10.7 Å². The standard InChI is InChI=1S/C13H17FN4O2S/c1-9-10(8-15-2)13(17-16-9)21(19,20)18(3)12-7-5-4-6-11(12)14/h4-7,15H,8H2,1-3H3,(H,16,17). The summed E-state index contributed by atoms with van der Waals surface area (Å²) in [5, 5.41) is 9.32. The molecule has 0 bridgehead atoms. The maximum atomic E-state index is 13.8. The van der Waals surface area contributed by atoms with Gasteiger partial charge in [-0.05, 0) is 26.1 Å². The van der Waals surface area contributed by atoms with Gasteiger partial charge in [0.25, 0.3) is 10.0 Å². The maximum absolute atomic E-state index is 13.8. The molecule has 114 valence electrons. The lowest BCUT2D eigenvalue weighted by atomic mass is 10.3. The molecule has 8 heteroatoms. The molecule has 6 nitrogen and oxygen atoms in total. The molecule has 0 saturated heterocycles. The number of rotatable bonds is 5. The fraction of sp³-hybridized carbons (Fsp3) is 0.308. The van der Waals surface area contributed by atoms with Crippen molar-refractivity contribution in [2.45, 2.75) is 18.5 Å². The molecule has 0 aliphatic heterocycles. The molecule has 0 amide bonds. The Balaban J connectivity index is 2.50. The van der Waals surface area contributed by atoms with Crippen molar-refractivity contribution in [3.63, 3.8) is 0 Å². The Hall–Kier alpha value is -1.93. The zero-order valence-electron chi connectivity index (χ0n) is 12.0. The van der Waals surface area contributed by atoms with Gasteiger partial charge in [0, 0.05) is 24.8 Å². The fourth-order valence-electron chi connectivity index (χ4n) is 1.99. The maximum Gasteiger partial charge on any atom is 0.283 e. The van der Waals surface area contributed by atoms with Crippen molar-refractivity contribution < 1.29 is 12.8 Å². The summed E-state index contributed by atoms with van der Waals surface area (Å²) in [6.45, 7) is 2.09. The summed E-state index contributed by atoms with van der Waals surface area (Å²) in [7, 11) is -0.917. The van der Waals surface area contributed by atoms with Crippen LogP contribution in [0.5, 0.6) is 0 Å². The third-order valence-electron chi connectivity index (χ3n) is 3.19. The van der Waals surface area contributed by atoms with Crippen LogP contribution >= 0.6 is 0 Å². The Morgan fingerprint density at radius 1 is 1.38 bits per heavy atom. The monoisotopic (exact) mass is 312 g/mol. The first kappa shape index (κ1) is 15.5. The highest BCUT2D eigenvalue weighted by molar-refractivity contribution is 7.92. The molecular formula is C13H17FN4O2S. The summed E-state index contributed by atoms with van der Waals surface area (Å²) in [5.74, 6) is -0.606. The highest BCUT2D eigenvalue weighted by Crippen LogP contribution is 2.26. The lowest BCUT2D eigenvalue weighted by Gasteiger charge is -2.19. The second-order valence-electron chi connectivity index (χ2n) is 4.59. The number of hydrogen-bond acceptors (Lipinski definition) is 4. The predicted molar refractivity (Wildman–Crippen MR) is 78.1 cm³/mol. The third-order valence-corrected chi connectivity index (χ3v) is 4.93. The fourth-order valence-corrected chi connectivity index (χ4v) is 3.36. The molecule has 1 heterocycles. The molecule has 0 spiro atoms. The summed E-state index contributed by atoms with van der Waals surface area (Å²) >= 11 is 0. The van der Waals surface area contributed by atoms with Crippen LogP contribution in [0, 0.1) is 12.7 Å². The number of sulfonamides is 1. The van der Waals surface area contributed by atoms with E-state index in [0.717, 1.165) is 4.31 Å². The molecule has 0 aliphatic carbocycles. The Kier molecular flexibility index (Phi) is 4.29. The van der Waals surface area contributed by atoms with E-state index in [4.69, 9.17) is 0 Å². The van der Waals surface area contributed by atoms with E-state index in [2.05, 4.69) is 15.5 Å². The first-order chi connectivity index (χ1) is 9.89. The van der Waals surface area contributed by atoms with Gasteiger partial charge in [-0.25, -0.2) is 4.39 Å². The molecule has 1 aromatic carbocycles. The van der Waals surface area contributed by atoms with Gasteiger partial charge in [-0.2, -0.15) is 13.5 Å². The van der Waals surface area contributed by atoms with Crippen molar-refractivity contribution in [2.75, 3.05) is 18.4 Å². The van der Waals surface area contributed by atoms with Crippen LogP contribution in [0.4, 0.5) is 10.1 Å². The van der Waals surface area contributed by atoms with Gasteiger partial charge < -0.3 is 5.32 Å². The van der Waals surface area contributed by atoms with Gasteiger partial charge in [0.1, 0.15) is 5.82 Å². The van der Waals surface area contributed by atoms with E-state index in [0.29, 0.717) is 17.8 Å². The number of aromatic amines is 1. The van der Waals surface area contributed by atoms with E-state index < -0.39 is 15.8 Å². The SMILES string of the molecule is CNCc1c(S(=O)(=O)N(C)c2ccccc2F)n[nH]c1C. The molecular weight excluding hydrogens is 295 g/mol. The number of anilines is 1. The molecule has 0 aliphatic rings. The summed E-state index contributed by atoms with van der Waals surface area (Å²) in [6, 6.07) is 5.70. The van der Waals surface area contributed by atoms with Gasteiger partial charge in [0.05, 0.1) is 5.69 Å². The molecule has 0 atom stereocenters. The molecule has 2 aromatic rings. The van der Waals surface area contributed by atoms with Gasteiger partial charge in [-0.15, -0.1) is 0 Å². The number of aryl methyl sites for hydroxylation is 1. The average Bonchev–Trinajstić information content (AvgIpc) is 2.81. The Morgan fingerprint density at radius 3 is 2.67 bits per heavy atom. The smallest absolute Gasteiger partial charge is 0.283 e. The van der Waals surface area contributed by atoms with E-state index in [1.165, 1.54) is 25.2 Å². The van der Waals surface area contributed by atoms with Crippen molar-refractivity contribution in [1.29, 1.82) is 0 Å². The molecule has 1 aromatic heterocycles. The summed E-state index contributed by atoms with van der Waals surface area (Å²) in [6.07, 6.45) is 0. The molecule has 2 N–H and O–H groups in total. The zero-order valence-corrected chi connectivity index (χ0v) is 12.8. The number of benzene rings is 1. The summed E-state index contributed by atoms with van der Waals surface area (Å²) in [5.41, 5.74) is 1.18. The van der Waals surface area contributed by atoms with Crippen LogP contribution in [-0.4, -0.2) is 32.7 Å². The van der Waals surface area contributed by atoms with Crippen LogP contribution < -0.4 is 9.62 Å². The van der Waals surface area contributed by atoms with Gasteiger partial charge in [0.15, 0.2) is 0 Å². The molecule has 21 heavy (non-hydrogen) atoms. The van der Waals surface area contributed by atoms with Crippen LogP contribution in [0.1, 0.15) is 11.3 Å². The normalized spacial score (nSPS) is 11.6. The minimum absolute atomic E-state index is 0.0199. The van der Waals surface area contributed by atoms with E-state index in [9.17, 15) is 12.8 Å². The van der Waals surface area contributed by atoms with Gasteiger partial charge in [-0.3, -0.25) is 9.40 Å². The number of aromatic nitrogens is 2.